The maximum absolute atomic E-state index is 11.6. The highest BCUT2D eigenvalue weighted by atomic mass is 16.3. The van der Waals surface area contributed by atoms with Crippen molar-refractivity contribution < 1.29 is 9.90 Å². The van der Waals surface area contributed by atoms with Crippen LogP contribution >= 0.6 is 0 Å². The van der Waals surface area contributed by atoms with Crippen LogP contribution in [0.2, 0.25) is 0 Å². The van der Waals surface area contributed by atoms with Gasteiger partial charge in [0.15, 0.2) is 0 Å². The molecule has 92 valence electrons. The van der Waals surface area contributed by atoms with Gasteiger partial charge in [0.1, 0.15) is 5.75 Å². The van der Waals surface area contributed by atoms with Crippen LogP contribution in [-0.4, -0.2) is 23.6 Å². The number of benzene rings is 1. The quantitative estimate of drug-likeness (QED) is 0.507. The van der Waals surface area contributed by atoms with Crippen LogP contribution in [0.25, 0.3) is 0 Å². The van der Waals surface area contributed by atoms with Crippen molar-refractivity contribution in [3.8, 4) is 5.75 Å². The normalized spacial score (nSPS) is 11.8. The maximum Gasteiger partial charge on any atom is 0.237 e. The van der Waals surface area contributed by atoms with Crippen molar-refractivity contribution in [3.05, 3.63) is 42.5 Å². The first-order valence-corrected chi connectivity index (χ1v) is 5.55. The molecule has 4 heteroatoms. The highest BCUT2D eigenvalue weighted by Gasteiger charge is 2.12. The van der Waals surface area contributed by atoms with Gasteiger partial charge in [-0.25, -0.2) is 0 Å². The summed E-state index contributed by atoms with van der Waals surface area (Å²) >= 11 is 0. The third kappa shape index (κ3) is 4.70. The molecule has 0 saturated heterocycles. The molecule has 0 aliphatic rings. The van der Waals surface area contributed by atoms with E-state index in [2.05, 4.69) is 11.9 Å². The fourth-order valence-electron chi connectivity index (χ4n) is 1.41. The molecular formula is C13H18N2O2. The van der Waals surface area contributed by atoms with Crippen LogP contribution in [0.15, 0.2) is 36.9 Å². The monoisotopic (exact) mass is 234 g/mol. The lowest BCUT2D eigenvalue weighted by Crippen LogP contribution is -2.42. The van der Waals surface area contributed by atoms with E-state index >= 15 is 0 Å². The lowest BCUT2D eigenvalue weighted by molar-refractivity contribution is -0.122. The van der Waals surface area contributed by atoms with Crippen LogP contribution in [0.5, 0.6) is 5.75 Å². The molecule has 1 atom stereocenters. The molecule has 0 aliphatic heterocycles. The van der Waals surface area contributed by atoms with Crippen molar-refractivity contribution in [1.82, 2.24) is 5.32 Å². The third-order valence-corrected chi connectivity index (χ3v) is 2.38. The predicted octanol–water partition coefficient (Wildman–Crippen LogP) is 0.954. The smallest absolute Gasteiger partial charge is 0.237 e. The molecule has 4 nitrogen and oxygen atoms in total. The van der Waals surface area contributed by atoms with Crippen molar-refractivity contribution in [2.24, 2.45) is 5.73 Å². The van der Waals surface area contributed by atoms with Gasteiger partial charge < -0.3 is 16.2 Å². The summed E-state index contributed by atoms with van der Waals surface area (Å²) in [5, 5.41) is 11.9. The number of phenols is 1. The van der Waals surface area contributed by atoms with E-state index in [1.165, 1.54) is 0 Å². The van der Waals surface area contributed by atoms with Gasteiger partial charge in [-0.1, -0.05) is 18.2 Å². The van der Waals surface area contributed by atoms with Gasteiger partial charge in [-0.3, -0.25) is 4.79 Å². The SMILES string of the molecule is C=CCCNC(=O)C(N)Cc1ccc(O)cc1. The van der Waals surface area contributed by atoms with E-state index in [0.29, 0.717) is 13.0 Å². The van der Waals surface area contributed by atoms with E-state index in [9.17, 15) is 4.79 Å². The number of carbonyl (C=O) groups excluding carboxylic acids is 1. The molecule has 1 amide bonds. The van der Waals surface area contributed by atoms with E-state index in [4.69, 9.17) is 10.8 Å². The second-order valence-corrected chi connectivity index (χ2v) is 3.85. The standard InChI is InChI=1S/C13H18N2O2/c1-2-3-8-15-13(17)12(14)9-10-4-6-11(16)7-5-10/h2,4-7,12,16H,1,3,8-9,14H2,(H,15,17). The number of carbonyl (C=O) groups is 1. The molecule has 0 fully saturated rings. The highest BCUT2D eigenvalue weighted by Crippen LogP contribution is 2.10. The van der Waals surface area contributed by atoms with Crippen molar-refractivity contribution in [1.29, 1.82) is 0 Å². The summed E-state index contributed by atoms with van der Waals surface area (Å²) in [7, 11) is 0. The zero-order chi connectivity index (χ0) is 12.7. The first-order chi connectivity index (χ1) is 8.13. The minimum Gasteiger partial charge on any atom is -0.508 e. The molecule has 17 heavy (non-hydrogen) atoms. The number of hydrogen-bond acceptors (Lipinski definition) is 3. The Kier molecular flexibility index (Phi) is 5.23. The number of nitrogens with two attached hydrogens (primary N) is 1. The molecule has 0 bridgehead atoms. The number of aromatic hydroxyl groups is 1. The van der Waals surface area contributed by atoms with Crippen molar-refractivity contribution >= 4 is 5.91 Å². The molecule has 1 aromatic carbocycles. The molecular weight excluding hydrogens is 216 g/mol. The average molecular weight is 234 g/mol. The molecule has 0 heterocycles. The van der Waals surface area contributed by atoms with Crippen LogP contribution in [-0.2, 0) is 11.2 Å². The number of amides is 1. The zero-order valence-corrected chi connectivity index (χ0v) is 9.73. The number of rotatable bonds is 6. The van der Waals surface area contributed by atoms with E-state index < -0.39 is 6.04 Å². The second-order valence-electron chi connectivity index (χ2n) is 3.85. The Balaban J connectivity index is 2.42. The largest absolute Gasteiger partial charge is 0.508 e. The molecule has 0 spiro atoms. The fourth-order valence-corrected chi connectivity index (χ4v) is 1.41. The van der Waals surface area contributed by atoms with Gasteiger partial charge >= 0.3 is 0 Å². The summed E-state index contributed by atoms with van der Waals surface area (Å²) in [4.78, 5) is 11.6. The van der Waals surface area contributed by atoms with Crippen LogP contribution in [0, 0.1) is 0 Å². The summed E-state index contributed by atoms with van der Waals surface area (Å²) in [5.41, 5.74) is 6.69. The number of hydrogen-bond donors (Lipinski definition) is 3. The van der Waals surface area contributed by atoms with Crippen LogP contribution in [0.4, 0.5) is 0 Å². The highest BCUT2D eigenvalue weighted by molar-refractivity contribution is 5.81. The van der Waals surface area contributed by atoms with E-state index in [1.54, 1.807) is 30.3 Å². The van der Waals surface area contributed by atoms with Crippen LogP contribution < -0.4 is 11.1 Å². The second kappa shape index (κ2) is 6.70. The van der Waals surface area contributed by atoms with Crippen molar-refractivity contribution in [2.75, 3.05) is 6.54 Å². The summed E-state index contributed by atoms with van der Waals surface area (Å²) in [5.74, 6) is 0.0395. The summed E-state index contributed by atoms with van der Waals surface area (Å²) in [6.07, 6.45) is 2.93. The third-order valence-electron chi connectivity index (χ3n) is 2.38. The summed E-state index contributed by atoms with van der Waals surface area (Å²) < 4.78 is 0. The Morgan fingerprint density at radius 1 is 1.47 bits per heavy atom. The Morgan fingerprint density at radius 2 is 2.12 bits per heavy atom. The molecule has 1 rings (SSSR count). The molecule has 0 aromatic heterocycles. The van der Waals surface area contributed by atoms with Crippen molar-refractivity contribution in [3.63, 3.8) is 0 Å². The van der Waals surface area contributed by atoms with Gasteiger partial charge in [0.25, 0.3) is 0 Å². The Morgan fingerprint density at radius 3 is 2.71 bits per heavy atom. The van der Waals surface area contributed by atoms with Gasteiger partial charge in [0, 0.05) is 6.54 Å². The van der Waals surface area contributed by atoms with Crippen LogP contribution in [0.3, 0.4) is 0 Å². The Labute approximate surface area is 101 Å². The summed E-state index contributed by atoms with van der Waals surface area (Å²) in [6.45, 7) is 4.13. The molecule has 0 radical (unpaired) electrons. The first-order valence-electron chi connectivity index (χ1n) is 5.55. The molecule has 0 aliphatic carbocycles. The zero-order valence-electron chi connectivity index (χ0n) is 9.73. The Hall–Kier alpha value is -1.81. The van der Waals surface area contributed by atoms with Gasteiger partial charge in [0.2, 0.25) is 5.91 Å². The van der Waals surface area contributed by atoms with E-state index in [0.717, 1.165) is 12.0 Å². The molecule has 1 unspecified atom stereocenters. The van der Waals surface area contributed by atoms with Gasteiger partial charge in [0.05, 0.1) is 6.04 Å². The predicted molar refractivity (Wildman–Crippen MR) is 67.6 cm³/mol. The van der Waals surface area contributed by atoms with Gasteiger partial charge in [-0.2, -0.15) is 0 Å². The average Bonchev–Trinajstić information content (AvgIpc) is 2.32. The van der Waals surface area contributed by atoms with Crippen LogP contribution in [0.1, 0.15) is 12.0 Å². The van der Waals surface area contributed by atoms with Gasteiger partial charge in [-0.15, -0.1) is 6.58 Å². The Bertz CT molecular complexity index is 374. The lowest BCUT2D eigenvalue weighted by atomic mass is 10.1. The first kappa shape index (κ1) is 13.3. The van der Waals surface area contributed by atoms with Crippen molar-refractivity contribution in [2.45, 2.75) is 18.9 Å². The van der Waals surface area contributed by atoms with Gasteiger partial charge in [-0.05, 0) is 30.5 Å². The fraction of sp³-hybridized carbons (Fsp3) is 0.308. The van der Waals surface area contributed by atoms with E-state index in [-0.39, 0.29) is 11.7 Å². The van der Waals surface area contributed by atoms with E-state index in [1.807, 2.05) is 0 Å². The number of nitrogens with one attached hydrogen (secondary N) is 1. The lowest BCUT2D eigenvalue weighted by Gasteiger charge is -2.11. The summed E-state index contributed by atoms with van der Waals surface area (Å²) in [6, 6.07) is 6.11. The maximum atomic E-state index is 11.6. The molecule has 4 N–H and O–H groups in total. The molecule has 0 saturated carbocycles. The minimum absolute atomic E-state index is 0.167. The topological polar surface area (TPSA) is 75.4 Å². The minimum atomic E-state index is -0.565. The number of phenolic OH excluding ortho intramolecular Hbond substituents is 1. The molecule has 1 aromatic rings.